The summed E-state index contributed by atoms with van der Waals surface area (Å²) in [6.07, 6.45) is 2.10. The summed E-state index contributed by atoms with van der Waals surface area (Å²) in [4.78, 5) is 40.6. The molecule has 0 spiro atoms. The second-order valence-corrected chi connectivity index (χ2v) is 8.52. The minimum atomic E-state index is -0.642. The van der Waals surface area contributed by atoms with Crippen molar-refractivity contribution in [1.29, 1.82) is 0 Å². The van der Waals surface area contributed by atoms with Crippen molar-refractivity contribution in [3.8, 4) is 5.75 Å². The number of nitrogens with one attached hydrogen (secondary N) is 1. The molecule has 1 unspecified atom stereocenters. The van der Waals surface area contributed by atoms with Crippen molar-refractivity contribution in [2.45, 2.75) is 37.8 Å². The van der Waals surface area contributed by atoms with E-state index in [9.17, 15) is 19.5 Å². The number of nitrogens with two attached hydrogens (primary N) is 1. The van der Waals surface area contributed by atoms with E-state index in [4.69, 9.17) is 5.73 Å². The molecule has 2 aromatic rings. The Morgan fingerprint density at radius 3 is 2.53 bits per heavy atom. The van der Waals surface area contributed by atoms with Crippen LogP contribution in [-0.2, 0) is 22.4 Å². The maximum atomic E-state index is 12.7. The van der Waals surface area contributed by atoms with Crippen LogP contribution in [-0.4, -0.2) is 59.9 Å². The van der Waals surface area contributed by atoms with Crippen molar-refractivity contribution in [1.82, 2.24) is 10.2 Å². The lowest BCUT2D eigenvalue weighted by atomic mass is 10.0. The van der Waals surface area contributed by atoms with Crippen LogP contribution in [0.4, 0.5) is 5.69 Å². The smallest absolute Gasteiger partial charge is 0.251 e. The minimum absolute atomic E-state index is 0.0208. The molecule has 4 rings (SSSR count). The van der Waals surface area contributed by atoms with Crippen LogP contribution in [0.1, 0.15) is 34.3 Å². The molecule has 8 nitrogen and oxygen atoms in total. The van der Waals surface area contributed by atoms with Crippen molar-refractivity contribution in [2.24, 2.45) is 5.73 Å². The first kappa shape index (κ1) is 21.8. The van der Waals surface area contributed by atoms with Gasteiger partial charge in [0.15, 0.2) is 0 Å². The Hall–Kier alpha value is -3.39. The van der Waals surface area contributed by atoms with Gasteiger partial charge >= 0.3 is 0 Å². The van der Waals surface area contributed by atoms with Crippen molar-refractivity contribution in [3.63, 3.8) is 0 Å². The number of anilines is 1. The number of carbonyl (C=O) groups excluding carboxylic acids is 3. The van der Waals surface area contributed by atoms with E-state index >= 15 is 0 Å². The second-order valence-electron chi connectivity index (χ2n) is 8.52. The van der Waals surface area contributed by atoms with Gasteiger partial charge in [-0.1, -0.05) is 18.2 Å². The van der Waals surface area contributed by atoms with Gasteiger partial charge in [0.25, 0.3) is 5.91 Å². The van der Waals surface area contributed by atoms with Crippen LogP contribution in [0.2, 0.25) is 0 Å². The predicted octanol–water partition coefficient (Wildman–Crippen LogP) is 1.20. The Labute approximate surface area is 187 Å². The molecule has 32 heavy (non-hydrogen) atoms. The number of aromatic hydroxyl groups is 1. The number of phenolic OH excluding ortho intramolecular Hbond substituents is 1. The van der Waals surface area contributed by atoms with E-state index in [0.29, 0.717) is 44.3 Å². The van der Waals surface area contributed by atoms with Crippen LogP contribution in [0.5, 0.6) is 5.75 Å². The van der Waals surface area contributed by atoms with E-state index in [2.05, 4.69) is 5.32 Å². The van der Waals surface area contributed by atoms with Gasteiger partial charge in [-0.15, -0.1) is 0 Å². The van der Waals surface area contributed by atoms with E-state index in [1.54, 1.807) is 53.2 Å². The van der Waals surface area contributed by atoms with Crippen molar-refractivity contribution in [3.05, 3.63) is 59.2 Å². The molecule has 1 saturated heterocycles. The monoisotopic (exact) mass is 436 g/mol. The summed E-state index contributed by atoms with van der Waals surface area (Å²) in [6.45, 7) is 1.07. The van der Waals surface area contributed by atoms with Gasteiger partial charge in [0.1, 0.15) is 5.75 Å². The molecule has 0 saturated carbocycles. The van der Waals surface area contributed by atoms with Gasteiger partial charge in [0, 0.05) is 37.4 Å². The number of phenols is 1. The summed E-state index contributed by atoms with van der Waals surface area (Å²) < 4.78 is 0. The van der Waals surface area contributed by atoms with Crippen LogP contribution in [0.15, 0.2) is 42.5 Å². The highest BCUT2D eigenvalue weighted by Crippen LogP contribution is 2.28. The summed E-state index contributed by atoms with van der Waals surface area (Å²) in [7, 11) is 1.72. The number of likely N-dealkylation sites (N-methyl/N-ethyl adjacent to an activating group) is 1. The number of hydrogen-bond donors (Lipinski definition) is 3. The molecule has 168 valence electrons. The molecule has 2 aromatic carbocycles. The molecular formula is C24H28N4O4. The highest BCUT2D eigenvalue weighted by molar-refractivity contribution is 6.03. The molecule has 2 aliphatic heterocycles. The first-order valence-electron chi connectivity index (χ1n) is 10.8. The van der Waals surface area contributed by atoms with Crippen molar-refractivity contribution < 1.29 is 19.5 Å². The first-order chi connectivity index (χ1) is 15.3. The van der Waals surface area contributed by atoms with E-state index in [1.807, 2.05) is 6.07 Å². The lowest BCUT2D eigenvalue weighted by molar-refractivity contribution is -0.133. The Balaban J connectivity index is 1.28. The first-order valence-corrected chi connectivity index (χ1v) is 10.8. The van der Waals surface area contributed by atoms with Crippen molar-refractivity contribution >= 4 is 23.4 Å². The maximum absolute atomic E-state index is 12.7. The zero-order chi connectivity index (χ0) is 22.8. The molecule has 2 aliphatic rings. The van der Waals surface area contributed by atoms with E-state index in [0.717, 1.165) is 16.8 Å². The third-order valence-corrected chi connectivity index (χ3v) is 6.28. The quantitative estimate of drug-likeness (QED) is 0.651. The number of fused-ring (bicyclic) bond motifs is 1. The fourth-order valence-electron chi connectivity index (χ4n) is 4.30. The summed E-state index contributed by atoms with van der Waals surface area (Å²) in [5.41, 5.74) is 9.26. The molecule has 8 heteroatoms. The fourth-order valence-corrected chi connectivity index (χ4v) is 4.30. The Bertz CT molecular complexity index is 1030. The molecule has 4 N–H and O–H groups in total. The largest absolute Gasteiger partial charge is 0.508 e. The molecule has 2 heterocycles. The van der Waals surface area contributed by atoms with Gasteiger partial charge in [0.2, 0.25) is 11.8 Å². The highest BCUT2D eigenvalue weighted by Gasteiger charge is 2.28. The van der Waals surface area contributed by atoms with Gasteiger partial charge in [-0.25, -0.2) is 0 Å². The number of nitrogens with zero attached hydrogens (tertiary/aromatic N) is 2. The molecular weight excluding hydrogens is 408 g/mol. The Morgan fingerprint density at radius 1 is 1.16 bits per heavy atom. The second kappa shape index (κ2) is 9.00. The third kappa shape index (κ3) is 4.60. The number of carbonyl (C=O) groups is 3. The fraction of sp³-hybridized carbons (Fsp3) is 0.375. The minimum Gasteiger partial charge on any atom is -0.508 e. The van der Waals surface area contributed by atoms with E-state index < -0.39 is 6.04 Å². The summed E-state index contributed by atoms with van der Waals surface area (Å²) in [5, 5.41) is 12.4. The zero-order valence-electron chi connectivity index (χ0n) is 18.1. The summed E-state index contributed by atoms with van der Waals surface area (Å²) in [5.74, 6) is -0.0695. The third-order valence-electron chi connectivity index (χ3n) is 6.28. The standard InChI is InChI=1S/C24H28N4O4/c1-27-21-13-17(5-4-16(21)14-22(27)30)23(31)26-18-8-10-28(11-9-18)24(32)20(25)12-15-2-6-19(29)7-3-15/h2-7,13,18,20,29H,8-12,14,25H2,1H3,(H,26,31). The average molecular weight is 437 g/mol. The van der Waals surface area contributed by atoms with E-state index in [-0.39, 0.29) is 29.5 Å². The lowest BCUT2D eigenvalue weighted by Crippen LogP contribution is -2.51. The molecule has 0 aromatic heterocycles. The molecule has 0 bridgehead atoms. The van der Waals surface area contributed by atoms with E-state index in [1.165, 1.54) is 0 Å². The predicted molar refractivity (Wildman–Crippen MR) is 120 cm³/mol. The zero-order valence-corrected chi connectivity index (χ0v) is 18.1. The van der Waals surface area contributed by atoms with Crippen LogP contribution in [0.25, 0.3) is 0 Å². The molecule has 1 fully saturated rings. The summed E-state index contributed by atoms with van der Waals surface area (Å²) in [6, 6.07) is 11.4. The average Bonchev–Trinajstić information content (AvgIpc) is 3.08. The van der Waals surface area contributed by atoms with Gasteiger partial charge in [-0.3, -0.25) is 14.4 Å². The number of amides is 3. The number of rotatable bonds is 5. The van der Waals surface area contributed by atoms with Crippen LogP contribution in [0, 0.1) is 0 Å². The van der Waals surface area contributed by atoms with Gasteiger partial charge in [-0.05, 0) is 54.7 Å². The topological polar surface area (TPSA) is 116 Å². The number of hydrogen-bond acceptors (Lipinski definition) is 5. The normalized spacial score (nSPS) is 17.2. The molecule has 1 atom stereocenters. The maximum Gasteiger partial charge on any atom is 0.251 e. The molecule has 0 aliphatic carbocycles. The Kier molecular flexibility index (Phi) is 6.14. The Morgan fingerprint density at radius 2 is 1.84 bits per heavy atom. The van der Waals surface area contributed by atoms with Crippen molar-refractivity contribution in [2.75, 3.05) is 25.0 Å². The van der Waals surface area contributed by atoms with Gasteiger partial charge in [-0.2, -0.15) is 0 Å². The van der Waals surface area contributed by atoms with Gasteiger partial charge in [0.05, 0.1) is 12.5 Å². The SMILES string of the molecule is CN1C(=O)Cc2ccc(C(=O)NC3CCN(C(=O)C(N)Cc4ccc(O)cc4)CC3)cc21. The van der Waals surface area contributed by atoms with Crippen LogP contribution < -0.4 is 16.0 Å². The highest BCUT2D eigenvalue weighted by atomic mass is 16.3. The number of piperidine rings is 1. The van der Waals surface area contributed by atoms with Crippen LogP contribution in [0.3, 0.4) is 0 Å². The number of benzene rings is 2. The lowest BCUT2D eigenvalue weighted by Gasteiger charge is -2.34. The summed E-state index contributed by atoms with van der Waals surface area (Å²) >= 11 is 0. The number of likely N-dealkylation sites (tertiary alicyclic amines) is 1. The van der Waals surface area contributed by atoms with Crippen LogP contribution >= 0.6 is 0 Å². The molecule has 3 amide bonds. The molecule has 0 radical (unpaired) electrons. The van der Waals surface area contributed by atoms with Gasteiger partial charge < -0.3 is 26.0 Å².